The Labute approximate surface area is 159 Å². The smallest absolute Gasteiger partial charge is 0.261 e. The lowest BCUT2D eigenvalue weighted by Crippen LogP contribution is -2.40. The van der Waals surface area contributed by atoms with Crippen molar-refractivity contribution in [1.82, 2.24) is 4.90 Å². The molecule has 2 aromatic carbocycles. The van der Waals surface area contributed by atoms with Crippen molar-refractivity contribution in [2.75, 3.05) is 23.1 Å². The second-order valence-corrected chi connectivity index (χ2v) is 8.40. The zero-order valence-electron chi connectivity index (χ0n) is 15.2. The maximum Gasteiger partial charge on any atom is 0.261 e. The summed E-state index contributed by atoms with van der Waals surface area (Å²) in [5.74, 6) is -1.19. The number of rotatable bonds is 8. The number of fused-ring (bicyclic) bond motifs is 1. The maximum atomic E-state index is 13.0. The van der Waals surface area contributed by atoms with Gasteiger partial charge in [-0.25, -0.2) is 8.42 Å². The number of carbonyl (C=O) groups excluding carboxylic acids is 2. The first kappa shape index (κ1) is 19.1. The molecule has 0 aromatic heterocycles. The van der Waals surface area contributed by atoms with E-state index >= 15 is 0 Å². The topological polar surface area (TPSA) is 74.8 Å². The summed E-state index contributed by atoms with van der Waals surface area (Å²) in [7, 11) is -3.68. The Morgan fingerprint density at radius 3 is 2.00 bits per heavy atom. The molecule has 0 saturated carbocycles. The van der Waals surface area contributed by atoms with Gasteiger partial charge in [-0.05, 0) is 30.7 Å². The van der Waals surface area contributed by atoms with E-state index in [1.165, 1.54) is 4.31 Å². The summed E-state index contributed by atoms with van der Waals surface area (Å²) in [4.78, 5) is 25.9. The summed E-state index contributed by atoms with van der Waals surface area (Å²) in [6.07, 6.45) is 1.58. The van der Waals surface area contributed by atoms with Gasteiger partial charge in [-0.15, -0.1) is 0 Å². The van der Waals surface area contributed by atoms with Gasteiger partial charge in [-0.1, -0.05) is 43.7 Å². The SMILES string of the molecule is CCCCN(c1ccccc1)S(=O)(=O)CCN1C(=O)c2ccccc2C1=O. The summed E-state index contributed by atoms with van der Waals surface area (Å²) in [6.45, 7) is 2.20. The van der Waals surface area contributed by atoms with Gasteiger partial charge in [0.25, 0.3) is 11.8 Å². The van der Waals surface area contributed by atoms with Crippen LogP contribution in [0.5, 0.6) is 0 Å². The van der Waals surface area contributed by atoms with Crippen LogP contribution in [0.2, 0.25) is 0 Å². The molecule has 0 bridgehead atoms. The van der Waals surface area contributed by atoms with Crippen LogP contribution in [0.3, 0.4) is 0 Å². The molecule has 0 fully saturated rings. The normalized spacial score (nSPS) is 13.7. The number of sulfonamides is 1. The second-order valence-electron chi connectivity index (χ2n) is 6.38. The van der Waals surface area contributed by atoms with E-state index in [0.29, 0.717) is 23.4 Å². The number of nitrogens with zero attached hydrogens (tertiary/aromatic N) is 2. The maximum absolute atomic E-state index is 13.0. The Balaban J connectivity index is 1.77. The molecule has 0 spiro atoms. The number of carbonyl (C=O) groups is 2. The van der Waals surface area contributed by atoms with Crippen LogP contribution in [0.1, 0.15) is 40.5 Å². The van der Waals surface area contributed by atoms with E-state index in [1.807, 2.05) is 13.0 Å². The Kier molecular flexibility index (Phi) is 5.60. The van der Waals surface area contributed by atoms with Crippen LogP contribution in [0.4, 0.5) is 5.69 Å². The van der Waals surface area contributed by atoms with E-state index in [-0.39, 0.29) is 12.3 Å². The van der Waals surface area contributed by atoms with Crippen molar-refractivity contribution in [2.24, 2.45) is 0 Å². The van der Waals surface area contributed by atoms with Gasteiger partial charge in [0.1, 0.15) is 0 Å². The molecule has 27 heavy (non-hydrogen) atoms. The third kappa shape index (κ3) is 3.88. The van der Waals surface area contributed by atoms with E-state index in [0.717, 1.165) is 17.7 Å². The van der Waals surface area contributed by atoms with E-state index in [4.69, 9.17) is 0 Å². The van der Waals surface area contributed by atoms with Gasteiger partial charge in [0, 0.05) is 13.1 Å². The second kappa shape index (κ2) is 7.92. The zero-order valence-corrected chi connectivity index (χ0v) is 16.0. The number of hydrogen-bond acceptors (Lipinski definition) is 4. The van der Waals surface area contributed by atoms with Gasteiger partial charge in [0.15, 0.2) is 0 Å². The molecule has 2 aromatic rings. The first-order valence-electron chi connectivity index (χ1n) is 8.96. The average Bonchev–Trinajstić information content (AvgIpc) is 2.92. The van der Waals surface area contributed by atoms with Gasteiger partial charge in [0.2, 0.25) is 10.0 Å². The van der Waals surface area contributed by atoms with Crippen molar-refractivity contribution in [1.29, 1.82) is 0 Å². The minimum Gasteiger partial charge on any atom is -0.273 e. The van der Waals surface area contributed by atoms with E-state index in [1.54, 1.807) is 48.5 Å². The standard InChI is InChI=1S/C20H22N2O4S/c1-2-3-13-22(16-9-5-4-6-10-16)27(25,26)15-14-21-19(23)17-11-7-8-12-18(17)20(21)24/h4-12H,2-3,13-15H2,1H3. The van der Waals surface area contributed by atoms with Gasteiger partial charge >= 0.3 is 0 Å². The molecule has 1 heterocycles. The quantitative estimate of drug-likeness (QED) is 0.654. The van der Waals surface area contributed by atoms with Gasteiger partial charge < -0.3 is 0 Å². The highest BCUT2D eigenvalue weighted by atomic mass is 32.2. The molecule has 0 unspecified atom stereocenters. The van der Waals surface area contributed by atoms with Crippen molar-refractivity contribution in [3.8, 4) is 0 Å². The van der Waals surface area contributed by atoms with Crippen LogP contribution in [0.15, 0.2) is 54.6 Å². The van der Waals surface area contributed by atoms with E-state index in [9.17, 15) is 18.0 Å². The van der Waals surface area contributed by atoms with Crippen molar-refractivity contribution >= 4 is 27.5 Å². The predicted octanol–water partition coefficient (Wildman–Crippen LogP) is 2.92. The van der Waals surface area contributed by atoms with E-state index in [2.05, 4.69) is 0 Å². The van der Waals surface area contributed by atoms with Gasteiger partial charge in [0.05, 0.1) is 22.6 Å². The average molecular weight is 386 g/mol. The molecule has 0 atom stereocenters. The molecule has 0 radical (unpaired) electrons. The summed E-state index contributed by atoms with van der Waals surface area (Å²) < 4.78 is 27.3. The number of para-hydroxylation sites is 1. The van der Waals surface area contributed by atoms with E-state index < -0.39 is 21.8 Å². The van der Waals surface area contributed by atoms with Crippen LogP contribution < -0.4 is 4.31 Å². The first-order chi connectivity index (χ1) is 13.0. The third-order valence-electron chi connectivity index (χ3n) is 4.55. The van der Waals surface area contributed by atoms with Crippen LogP contribution >= 0.6 is 0 Å². The Bertz CT molecular complexity index is 906. The minimum absolute atomic E-state index is 0.163. The van der Waals surface area contributed by atoms with Gasteiger partial charge in [-0.2, -0.15) is 0 Å². The summed E-state index contributed by atoms with van der Waals surface area (Å²) in [5.41, 5.74) is 1.24. The van der Waals surface area contributed by atoms with Crippen molar-refractivity contribution < 1.29 is 18.0 Å². The minimum atomic E-state index is -3.68. The van der Waals surface area contributed by atoms with Crippen molar-refractivity contribution in [3.63, 3.8) is 0 Å². The number of unbranched alkanes of at least 4 members (excludes halogenated alkanes) is 1. The molecule has 6 nitrogen and oxygen atoms in total. The number of benzene rings is 2. The van der Waals surface area contributed by atoms with Crippen molar-refractivity contribution in [2.45, 2.75) is 19.8 Å². The van der Waals surface area contributed by atoms with Crippen LogP contribution in [0.25, 0.3) is 0 Å². The molecule has 1 aliphatic rings. The molecule has 1 aliphatic heterocycles. The van der Waals surface area contributed by atoms with Crippen molar-refractivity contribution in [3.05, 3.63) is 65.7 Å². The highest BCUT2D eigenvalue weighted by molar-refractivity contribution is 7.92. The largest absolute Gasteiger partial charge is 0.273 e. The Morgan fingerprint density at radius 1 is 0.889 bits per heavy atom. The van der Waals surface area contributed by atoms with Crippen LogP contribution in [-0.2, 0) is 10.0 Å². The zero-order chi connectivity index (χ0) is 19.4. The molecule has 7 heteroatoms. The molecular formula is C20H22N2O4S. The number of amides is 2. The Morgan fingerprint density at radius 2 is 1.44 bits per heavy atom. The fourth-order valence-corrected chi connectivity index (χ4v) is 4.57. The van der Waals surface area contributed by atoms with Crippen LogP contribution in [0, 0.1) is 0 Å². The first-order valence-corrected chi connectivity index (χ1v) is 10.6. The number of hydrogen-bond donors (Lipinski definition) is 0. The monoisotopic (exact) mass is 386 g/mol. The fourth-order valence-electron chi connectivity index (χ4n) is 3.08. The summed E-state index contributed by atoms with van der Waals surface area (Å²) in [5, 5.41) is 0. The lowest BCUT2D eigenvalue weighted by Gasteiger charge is -2.25. The molecule has 3 rings (SSSR count). The molecule has 0 saturated heterocycles. The predicted molar refractivity (Wildman–Crippen MR) is 104 cm³/mol. The number of anilines is 1. The lowest BCUT2D eigenvalue weighted by atomic mass is 10.1. The molecule has 2 amide bonds. The lowest BCUT2D eigenvalue weighted by molar-refractivity contribution is 0.0664. The summed E-state index contributed by atoms with van der Waals surface area (Å²) >= 11 is 0. The highest BCUT2D eigenvalue weighted by Gasteiger charge is 2.36. The fraction of sp³-hybridized carbons (Fsp3) is 0.300. The third-order valence-corrected chi connectivity index (χ3v) is 6.31. The summed E-state index contributed by atoms with van der Waals surface area (Å²) in [6, 6.07) is 15.4. The Hall–Kier alpha value is -2.67. The van der Waals surface area contributed by atoms with Crippen LogP contribution in [-0.4, -0.2) is 44.0 Å². The molecular weight excluding hydrogens is 364 g/mol. The molecule has 0 aliphatic carbocycles. The highest BCUT2D eigenvalue weighted by Crippen LogP contribution is 2.23. The van der Waals surface area contributed by atoms with Gasteiger partial charge in [-0.3, -0.25) is 18.8 Å². The molecule has 0 N–H and O–H groups in total. The number of imide groups is 1. The molecule has 142 valence electrons.